The summed E-state index contributed by atoms with van der Waals surface area (Å²) in [5.74, 6) is 2.61. The Morgan fingerprint density at radius 2 is 1.03 bits per heavy atom. The van der Waals surface area contributed by atoms with Crippen LogP contribution in [0.3, 0.4) is 0 Å². The Balaban J connectivity index is 1.15. The molecule has 1 unspecified atom stereocenters. The summed E-state index contributed by atoms with van der Waals surface area (Å²) in [6, 6.07) is 24.0. The molecule has 6 aromatic rings. The second-order valence-corrected chi connectivity index (χ2v) is 9.62. The topological polar surface area (TPSA) is 113 Å². The predicted octanol–water partition coefficient (Wildman–Crippen LogP) is 3.81. The quantitative estimate of drug-likeness (QED) is 0.230. The summed E-state index contributed by atoms with van der Waals surface area (Å²) >= 11 is 0. The second kappa shape index (κ2) is 10.1. The van der Waals surface area contributed by atoms with Crippen LogP contribution >= 0.6 is 0 Å². The summed E-state index contributed by atoms with van der Waals surface area (Å²) < 4.78 is 0. The lowest BCUT2D eigenvalue weighted by molar-refractivity contribution is 0.0717. The minimum atomic E-state index is -0.567. The van der Waals surface area contributed by atoms with Gasteiger partial charge in [-0.1, -0.05) is 36.4 Å². The van der Waals surface area contributed by atoms with Gasteiger partial charge in [0, 0.05) is 13.1 Å². The standard InChI is InChI=1S/C28H30N8O/c1-35(16-26-29-20-8-2-3-9-21(20)30-26)14-19(37)15-36(17-27-31-22-10-4-5-11-23(22)32-27)18-28-33-24-12-6-7-13-25(24)34-28/h2-13,19,37H,14-18H2,1H3,(H,29,30)(H,31,32)(H,33,34). The van der Waals surface area contributed by atoms with Crippen molar-refractivity contribution in [2.75, 3.05) is 20.1 Å². The maximum absolute atomic E-state index is 11.1. The first kappa shape index (κ1) is 23.4. The third-order valence-electron chi connectivity index (χ3n) is 6.47. The zero-order valence-electron chi connectivity index (χ0n) is 20.7. The Labute approximate surface area is 214 Å². The summed E-state index contributed by atoms with van der Waals surface area (Å²) in [7, 11) is 2.00. The molecule has 0 aliphatic carbocycles. The van der Waals surface area contributed by atoms with Crippen LogP contribution in [0.2, 0.25) is 0 Å². The number of nitrogens with one attached hydrogen (secondary N) is 3. The van der Waals surface area contributed by atoms with E-state index in [1.165, 1.54) is 0 Å². The number of para-hydroxylation sites is 6. The molecule has 37 heavy (non-hydrogen) atoms. The van der Waals surface area contributed by atoms with Gasteiger partial charge in [-0.2, -0.15) is 0 Å². The Kier molecular flexibility index (Phi) is 6.40. The molecule has 0 spiro atoms. The Morgan fingerprint density at radius 1 is 0.622 bits per heavy atom. The van der Waals surface area contributed by atoms with Gasteiger partial charge in [-0.15, -0.1) is 0 Å². The van der Waals surface area contributed by atoms with E-state index in [4.69, 9.17) is 9.97 Å². The second-order valence-electron chi connectivity index (χ2n) is 9.62. The number of hydrogen-bond donors (Lipinski definition) is 4. The van der Waals surface area contributed by atoms with E-state index in [2.05, 4.69) is 29.7 Å². The number of hydrogen-bond acceptors (Lipinski definition) is 6. The van der Waals surface area contributed by atoms with Gasteiger partial charge in [-0.05, 0) is 43.4 Å². The molecule has 0 aliphatic rings. The van der Waals surface area contributed by atoms with Crippen molar-refractivity contribution in [2.24, 2.45) is 0 Å². The maximum atomic E-state index is 11.1. The van der Waals surface area contributed by atoms with Crippen LogP contribution in [0.5, 0.6) is 0 Å². The van der Waals surface area contributed by atoms with E-state index in [1.54, 1.807) is 0 Å². The fourth-order valence-corrected chi connectivity index (χ4v) is 4.89. The summed E-state index contributed by atoms with van der Waals surface area (Å²) in [5.41, 5.74) is 5.86. The minimum Gasteiger partial charge on any atom is -0.390 e. The van der Waals surface area contributed by atoms with E-state index < -0.39 is 6.10 Å². The van der Waals surface area contributed by atoms with Gasteiger partial charge < -0.3 is 20.1 Å². The van der Waals surface area contributed by atoms with Gasteiger partial charge in [-0.25, -0.2) is 15.0 Å². The third kappa shape index (κ3) is 5.39. The lowest BCUT2D eigenvalue weighted by Crippen LogP contribution is -2.38. The Hall–Kier alpha value is -4.05. The molecule has 3 heterocycles. The van der Waals surface area contributed by atoms with E-state index in [1.807, 2.05) is 79.8 Å². The summed E-state index contributed by atoms with van der Waals surface area (Å²) in [4.78, 5) is 28.6. The smallest absolute Gasteiger partial charge is 0.121 e. The molecular weight excluding hydrogens is 464 g/mol. The molecule has 0 bridgehead atoms. The molecule has 0 radical (unpaired) electrons. The van der Waals surface area contributed by atoms with E-state index in [-0.39, 0.29) is 0 Å². The lowest BCUT2D eigenvalue weighted by Gasteiger charge is -2.26. The number of benzene rings is 3. The van der Waals surface area contributed by atoms with Crippen LogP contribution < -0.4 is 0 Å². The van der Waals surface area contributed by atoms with Crippen LogP contribution in [0.4, 0.5) is 0 Å². The number of rotatable bonds is 10. The van der Waals surface area contributed by atoms with Crippen LogP contribution in [0.15, 0.2) is 72.8 Å². The highest BCUT2D eigenvalue weighted by atomic mass is 16.3. The van der Waals surface area contributed by atoms with Crippen molar-refractivity contribution in [1.82, 2.24) is 39.7 Å². The van der Waals surface area contributed by atoms with E-state index in [0.29, 0.717) is 32.7 Å². The molecule has 0 amide bonds. The van der Waals surface area contributed by atoms with Crippen molar-refractivity contribution in [2.45, 2.75) is 25.7 Å². The number of aromatic amines is 3. The average molecular weight is 495 g/mol. The minimum absolute atomic E-state index is 0.471. The molecule has 0 saturated carbocycles. The fraction of sp³-hybridized carbons (Fsp3) is 0.250. The first-order valence-corrected chi connectivity index (χ1v) is 12.5. The summed E-state index contributed by atoms with van der Waals surface area (Å²) in [6.07, 6.45) is -0.567. The van der Waals surface area contributed by atoms with Gasteiger partial charge in [0.25, 0.3) is 0 Å². The van der Waals surface area contributed by atoms with Crippen LogP contribution in [0, 0.1) is 0 Å². The van der Waals surface area contributed by atoms with Gasteiger partial charge in [0.2, 0.25) is 0 Å². The van der Waals surface area contributed by atoms with Gasteiger partial charge in [0.1, 0.15) is 17.5 Å². The fourth-order valence-electron chi connectivity index (χ4n) is 4.89. The van der Waals surface area contributed by atoms with E-state index >= 15 is 0 Å². The Morgan fingerprint density at radius 3 is 1.46 bits per heavy atom. The molecule has 6 rings (SSSR count). The van der Waals surface area contributed by atoms with Crippen LogP contribution in [-0.4, -0.2) is 71.1 Å². The molecule has 1 atom stereocenters. The third-order valence-corrected chi connectivity index (χ3v) is 6.47. The number of fused-ring (bicyclic) bond motifs is 3. The van der Waals surface area contributed by atoms with Crippen LogP contribution in [0.1, 0.15) is 17.5 Å². The SMILES string of the molecule is CN(Cc1nc2ccccc2[nH]1)CC(O)CN(Cc1nc2ccccc2[nH]1)Cc1nc2ccccc2[nH]1. The number of H-pyrrole nitrogens is 3. The molecular formula is C28H30N8O. The number of imidazole rings is 3. The van der Waals surface area contributed by atoms with Crippen molar-refractivity contribution in [3.8, 4) is 0 Å². The van der Waals surface area contributed by atoms with Gasteiger partial charge in [0.05, 0.1) is 58.8 Å². The molecule has 0 aliphatic heterocycles. The zero-order chi connectivity index (χ0) is 25.2. The van der Waals surface area contributed by atoms with E-state index in [9.17, 15) is 5.11 Å². The number of aromatic nitrogens is 6. The molecule has 4 N–H and O–H groups in total. The van der Waals surface area contributed by atoms with E-state index in [0.717, 1.165) is 50.6 Å². The highest BCUT2D eigenvalue weighted by Crippen LogP contribution is 2.16. The van der Waals surface area contributed by atoms with Gasteiger partial charge >= 0.3 is 0 Å². The highest BCUT2D eigenvalue weighted by Gasteiger charge is 2.18. The zero-order valence-corrected chi connectivity index (χ0v) is 20.7. The predicted molar refractivity (Wildman–Crippen MR) is 145 cm³/mol. The number of aliphatic hydroxyl groups is 1. The first-order chi connectivity index (χ1) is 18.1. The van der Waals surface area contributed by atoms with Crippen molar-refractivity contribution in [1.29, 1.82) is 0 Å². The van der Waals surface area contributed by atoms with Crippen molar-refractivity contribution < 1.29 is 5.11 Å². The molecule has 3 aromatic carbocycles. The average Bonchev–Trinajstić information content (AvgIpc) is 3.58. The summed E-state index contributed by atoms with van der Waals surface area (Å²) in [6.45, 7) is 2.73. The van der Waals surface area contributed by atoms with Crippen molar-refractivity contribution in [3.05, 3.63) is 90.3 Å². The molecule has 188 valence electrons. The largest absolute Gasteiger partial charge is 0.390 e. The van der Waals surface area contributed by atoms with Crippen molar-refractivity contribution >= 4 is 33.1 Å². The Bertz CT molecular complexity index is 1460. The van der Waals surface area contributed by atoms with Gasteiger partial charge in [-0.3, -0.25) is 9.80 Å². The molecule has 9 heteroatoms. The normalized spacial score (nSPS) is 13.0. The molecule has 9 nitrogen and oxygen atoms in total. The highest BCUT2D eigenvalue weighted by molar-refractivity contribution is 5.76. The molecule has 0 fully saturated rings. The van der Waals surface area contributed by atoms with Crippen molar-refractivity contribution in [3.63, 3.8) is 0 Å². The lowest BCUT2D eigenvalue weighted by atomic mass is 10.3. The monoisotopic (exact) mass is 494 g/mol. The van der Waals surface area contributed by atoms with Crippen LogP contribution in [0.25, 0.3) is 33.1 Å². The molecule has 3 aromatic heterocycles. The van der Waals surface area contributed by atoms with Crippen LogP contribution in [-0.2, 0) is 19.6 Å². The number of nitrogens with zero attached hydrogens (tertiary/aromatic N) is 5. The maximum Gasteiger partial charge on any atom is 0.121 e. The first-order valence-electron chi connectivity index (χ1n) is 12.5. The number of likely N-dealkylation sites (N-methyl/N-ethyl adjacent to an activating group) is 1. The summed E-state index contributed by atoms with van der Waals surface area (Å²) in [5, 5.41) is 11.1. The number of aliphatic hydroxyl groups excluding tert-OH is 1. The molecule has 0 saturated heterocycles. The van der Waals surface area contributed by atoms with Gasteiger partial charge in [0.15, 0.2) is 0 Å².